The van der Waals surface area contributed by atoms with E-state index >= 15 is 0 Å². The summed E-state index contributed by atoms with van der Waals surface area (Å²) in [4.78, 5) is 33.2. The van der Waals surface area contributed by atoms with E-state index < -0.39 is 43.0 Å². The summed E-state index contributed by atoms with van der Waals surface area (Å²) >= 11 is 0. The average Bonchev–Trinajstić information content (AvgIpc) is 3.11. The largest absolute Gasteiger partial charge is 0.497 e. The van der Waals surface area contributed by atoms with Crippen LogP contribution >= 0.6 is 10.3 Å². The number of hydrogen-bond acceptors (Lipinski definition) is 7. The highest BCUT2D eigenvalue weighted by Gasteiger charge is 2.46. The zero-order valence-corrected chi connectivity index (χ0v) is 15.6. The Kier molecular flexibility index (Phi) is 5.49. The minimum Gasteiger partial charge on any atom is -0.497 e. The van der Waals surface area contributed by atoms with E-state index in [0.29, 0.717) is 6.07 Å². The predicted molar refractivity (Wildman–Crippen MR) is 99.2 cm³/mol. The minimum atomic E-state index is -1.73. The lowest BCUT2D eigenvalue weighted by atomic mass is 10.0. The number of nitro groups is 2. The first-order valence-electron chi connectivity index (χ1n) is 8.94. The topological polar surface area (TPSA) is 136 Å². The van der Waals surface area contributed by atoms with Gasteiger partial charge in [0.1, 0.15) is 6.07 Å². The van der Waals surface area contributed by atoms with Crippen LogP contribution in [0.25, 0.3) is 0 Å². The van der Waals surface area contributed by atoms with Gasteiger partial charge in [-0.1, -0.05) is 19.3 Å². The van der Waals surface area contributed by atoms with E-state index in [0.717, 1.165) is 62.5 Å². The van der Waals surface area contributed by atoms with Crippen LogP contribution < -0.4 is 0 Å². The Morgan fingerprint density at radius 2 is 1.52 bits per heavy atom. The van der Waals surface area contributed by atoms with E-state index in [4.69, 9.17) is 4.28 Å². The Balaban J connectivity index is 1.94. The molecule has 0 bridgehead atoms. The fourth-order valence-electron chi connectivity index (χ4n) is 3.91. The molecule has 2 fully saturated rings. The minimum absolute atomic E-state index is 0.0740. The van der Waals surface area contributed by atoms with Crippen LogP contribution in [0.2, 0.25) is 0 Å². The Hall–Kier alpha value is -2.43. The fraction of sp³-hybridized carbons (Fsp3) is 0.625. The van der Waals surface area contributed by atoms with Crippen molar-refractivity contribution in [3.63, 3.8) is 0 Å². The number of rotatable bonds is 6. The van der Waals surface area contributed by atoms with E-state index in [1.165, 1.54) is 0 Å². The smallest absolute Gasteiger partial charge is 0.373 e. The second kappa shape index (κ2) is 7.67. The normalized spacial score (nSPS) is 20.7. The molecular formula is C16H22N3O7S+. The van der Waals surface area contributed by atoms with Gasteiger partial charge in [0.15, 0.2) is 0 Å². The van der Waals surface area contributed by atoms with Crippen LogP contribution in [0.15, 0.2) is 12.1 Å². The molecule has 1 saturated heterocycles. The van der Waals surface area contributed by atoms with E-state index in [-0.39, 0.29) is 10.2 Å². The van der Waals surface area contributed by atoms with Crippen LogP contribution in [0.3, 0.4) is 0 Å². The van der Waals surface area contributed by atoms with Crippen molar-refractivity contribution in [2.45, 2.75) is 50.2 Å². The van der Waals surface area contributed by atoms with Gasteiger partial charge in [-0.15, -0.1) is 0 Å². The maximum Gasteiger partial charge on any atom is 0.373 e. The van der Waals surface area contributed by atoms with Gasteiger partial charge in [0.25, 0.3) is 16.4 Å². The molecule has 148 valence electrons. The number of hydrogen-bond donors (Lipinski definition) is 1. The van der Waals surface area contributed by atoms with Crippen molar-refractivity contribution in [3.8, 4) is 5.75 Å². The van der Waals surface area contributed by atoms with E-state index in [9.17, 15) is 30.2 Å². The van der Waals surface area contributed by atoms with Crippen LogP contribution in [0.5, 0.6) is 5.75 Å². The number of aromatic hydroxyl groups is 1. The van der Waals surface area contributed by atoms with Gasteiger partial charge in [-0.2, -0.15) is 4.28 Å². The third kappa shape index (κ3) is 3.82. The molecule has 1 aliphatic heterocycles. The molecule has 1 aliphatic carbocycles. The molecule has 0 spiro atoms. The Morgan fingerprint density at radius 1 is 0.926 bits per heavy atom. The molecule has 0 atom stereocenters. The van der Waals surface area contributed by atoms with E-state index in [1.54, 1.807) is 0 Å². The summed E-state index contributed by atoms with van der Waals surface area (Å²) in [7, 11) is -1.73. The molecule has 0 radical (unpaired) electrons. The van der Waals surface area contributed by atoms with Gasteiger partial charge in [0.05, 0.1) is 20.8 Å². The highest BCUT2D eigenvalue weighted by Crippen LogP contribution is 2.63. The molecule has 1 heterocycles. The van der Waals surface area contributed by atoms with Gasteiger partial charge in [0.2, 0.25) is 0 Å². The summed E-state index contributed by atoms with van der Waals surface area (Å²) in [6.45, 7) is 0. The molecule has 1 aromatic rings. The van der Waals surface area contributed by atoms with Crippen LogP contribution in [0.1, 0.15) is 44.9 Å². The lowest BCUT2D eigenvalue weighted by molar-refractivity contribution is -0.697. The Labute approximate surface area is 156 Å². The number of non-ortho nitro benzene ring substituents is 1. The molecule has 0 amide bonds. The van der Waals surface area contributed by atoms with Crippen LogP contribution in [0, 0.1) is 25.1 Å². The fourth-order valence-corrected chi connectivity index (χ4v) is 7.98. The average molecular weight is 400 g/mol. The Morgan fingerprint density at radius 3 is 2.07 bits per heavy atom. The summed E-state index contributed by atoms with van der Waals surface area (Å²) in [6, 6.07) is 1.45. The second-order valence-corrected chi connectivity index (χ2v) is 10.3. The summed E-state index contributed by atoms with van der Waals surface area (Å²) < 4.78 is 5.83. The van der Waals surface area contributed by atoms with Crippen molar-refractivity contribution in [2.24, 2.45) is 0 Å². The first-order valence-corrected chi connectivity index (χ1v) is 10.9. The molecule has 0 aromatic heterocycles. The monoisotopic (exact) mass is 400 g/mol. The van der Waals surface area contributed by atoms with Crippen molar-refractivity contribution >= 4 is 27.4 Å². The molecule has 10 nitrogen and oxygen atoms in total. The van der Waals surface area contributed by atoms with Gasteiger partial charge in [0, 0.05) is 16.8 Å². The van der Waals surface area contributed by atoms with Gasteiger partial charge >= 0.3 is 11.4 Å². The number of phenols is 1. The predicted octanol–water partition coefficient (Wildman–Crippen LogP) is 4.40. The molecule has 1 aromatic carbocycles. The SMILES string of the molecule is O=[N+]([O-])c1cc([N+](=O)[O-])c(O)c([N+](=O)OS2(C3CCCCC3)CCCC2)c1. The molecule has 11 heteroatoms. The highest BCUT2D eigenvalue weighted by atomic mass is 32.3. The zero-order chi connectivity index (χ0) is 19.6. The van der Waals surface area contributed by atoms with Crippen molar-refractivity contribution < 1.29 is 24.2 Å². The first-order chi connectivity index (χ1) is 12.8. The number of benzene rings is 1. The van der Waals surface area contributed by atoms with Gasteiger partial charge < -0.3 is 5.11 Å². The van der Waals surface area contributed by atoms with E-state index in [2.05, 4.69) is 0 Å². The second-order valence-electron chi connectivity index (χ2n) is 6.92. The maximum atomic E-state index is 12.7. The van der Waals surface area contributed by atoms with Crippen LogP contribution in [-0.4, -0.2) is 36.6 Å². The molecule has 1 N–H and O–H groups in total. The maximum absolute atomic E-state index is 12.7. The lowest BCUT2D eigenvalue weighted by Gasteiger charge is -2.38. The number of phenolic OH excluding ortho intramolecular Hbond substituents is 1. The van der Waals surface area contributed by atoms with Crippen molar-refractivity contribution in [3.05, 3.63) is 37.3 Å². The first kappa shape index (κ1) is 19.3. The number of nitro benzene ring substituents is 2. The Bertz CT molecular complexity index is 774. The van der Waals surface area contributed by atoms with Crippen molar-refractivity contribution in [1.29, 1.82) is 0 Å². The van der Waals surface area contributed by atoms with Gasteiger partial charge in [-0.25, -0.2) is 0 Å². The summed E-state index contributed by atoms with van der Waals surface area (Å²) in [5, 5.41) is 32.6. The van der Waals surface area contributed by atoms with E-state index in [1.807, 2.05) is 0 Å². The van der Waals surface area contributed by atoms with Crippen LogP contribution in [-0.2, 0) is 4.28 Å². The molecule has 3 rings (SSSR count). The molecule has 2 aliphatic rings. The standard InChI is InChI=1S/C16H21N3O7S/c20-16-14(18(23)24)10-12(17(21)22)11-15(16)19(25)26-27(8-4-5-9-27)13-6-2-1-3-7-13/h10-11,13H,1-9H2/p+1. The zero-order valence-electron chi connectivity index (χ0n) is 14.7. The third-order valence-corrected chi connectivity index (χ3v) is 9.34. The van der Waals surface area contributed by atoms with Crippen molar-refractivity contribution in [1.82, 2.24) is 0 Å². The van der Waals surface area contributed by atoms with Gasteiger partial charge in [-0.05, 0) is 36.0 Å². The third-order valence-electron chi connectivity index (χ3n) is 5.26. The summed E-state index contributed by atoms with van der Waals surface area (Å²) in [5.41, 5.74) is -2.13. The summed E-state index contributed by atoms with van der Waals surface area (Å²) in [6.07, 6.45) is 7.16. The summed E-state index contributed by atoms with van der Waals surface area (Å²) in [5.74, 6) is 0.624. The molecular weight excluding hydrogens is 378 g/mol. The van der Waals surface area contributed by atoms with Gasteiger partial charge in [-0.3, -0.25) is 20.2 Å². The number of nitrogens with zero attached hydrogens (tertiary/aromatic N) is 3. The van der Waals surface area contributed by atoms with Crippen molar-refractivity contribution in [2.75, 3.05) is 11.5 Å². The quantitative estimate of drug-likeness (QED) is 0.552. The lowest BCUT2D eigenvalue weighted by Crippen LogP contribution is -2.27. The molecule has 0 unspecified atom stereocenters. The highest BCUT2D eigenvalue weighted by molar-refractivity contribution is 8.30. The molecule has 27 heavy (non-hydrogen) atoms. The molecule has 1 saturated carbocycles. The van der Waals surface area contributed by atoms with Crippen LogP contribution in [0.4, 0.5) is 17.1 Å².